The van der Waals surface area contributed by atoms with Crippen molar-refractivity contribution in [3.8, 4) is 5.69 Å². The third-order valence-corrected chi connectivity index (χ3v) is 7.19. The van der Waals surface area contributed by atoms with Crippen LogP contribution in [-0.2, 0) is 17.9 Å². The van der Waals surface area contributed by atoms with Crippen molar-refractivity contribution in [2.75, 3.05) is 31.1 Å². The molecule has 0 aliphatic carbocycles. The lowest BCUT2D eigenvalue weighted by Crippen LogP contribution is -2.58. The summed E-state index contributed by atoms with van der Waals surface area (Å²) in [6.07, 6.45) is 6.02. The standard InChI is InChI=1S/C27H32FN7O3/c1-3-33(15-20-5-6-21(13-23(20)28)35-10-4-9-31-35)25-22-7-11-34(26(22)30-18-29-25)17-27(38)8-12-32(14-19(2)36)16-24(27)37/h4-7,9-11,13,18,24,37-38H,3,8,12,14-17H2,1-2H3/t24-,27-/m1/s1. The molecule has 200 valence electrons. The van der Waals surface area contributed by atoms with Gasteiger partial charge in [0, 0.05) is 50.3 Å². The van der Waals surface area contributed by atoms with Crippen LogP contribution in [0.4, 0.5) is 10.2 Å². The minimum absolute atomic E-state index is 0.0254. The first-order valence-corrected chi connectivity index (χ1v) is 12.7. The van der Waals surface area contributed by atoms with Gasteiger partial charge < -0.3 is 19.7 Å². The number of piperidine rings is 1. The van der Waals surface area contributed by atoms with Crippen molar-refractivity contribution < 1.29 is 19.4 Å². The Bertz CT molecular complexity index is 1420. The van der Waals surface area contributed by atoms with Crippen LogP contribution >= 0.6 is 0 Å². The van der Waals surface area contributed by atoms with Gasteiger partial charge in [0.15, 0.2) is 0 Å². The van der Waals surface area contributed by atoms with Crippen LogP contribution in [0, 0.1) is 5.82 Å². The molecule has 3 aromatic heterocycles. The second-order valence-corrected chi connectivity index (χ2v) is 9.93. The van der Waals surface area contributed by atoms with Crippen LogP contribution in [0.15, 0.2) is 55.2 Å². The summed E-state index contributed by atoms with van der Waals surface area (Å²) in [5, 5.41) is 26.9. The molecule has 0 saturated carbocycles. The fourth-order valence-corrected chi connectivity index (χ4v) is 5.10. The number of halogens is 1. The number of aliphatic hydroxyl groups excluding tert-OH is 1. The van der Waals surface area contributed by atoms with E-state index in [9.17, 15) is 15.0 Å². The summed E-state index contributed by atoms with van der Waals surface area (Å²) in [5.41, 5.74) is 0.445. The van der Waals surface area contributed by atoms with Gasteiger partial charge in [-0.15, -0.1) is 0 Å². The minimum Gasteiger partial charge on any atom is -0.389 e. The lowest BCUT2D eigenvalue weighted by atomic mass is 9.88. The Kier molecular flexibility index (Phi) is 7.24. The predicted molar refractivity (Wildman–Crippen MR) is 140 cm³/mol. The lowest BCUT2D eigenvalue weighted by Gasteiger charge is -2.42. The number of Topliss-reactive ketones (excluding diaryl/α,β-unsaturated/α-hetero) is 1. The monoisotopic (exact) mass is 521 g/mol. The van der Waals surface area contributed by atoms with E-state index in [1.165, 1.54) is 19.3 Å². The zero-order chi connectivity index (χ0) is 26.9. The normalized spacial score (nSPS) is 20.2. The fourth-order valence-electron chi connectivity index (χ4n) is 5.10. The van der Waals surface area contributed by atoms with Crippen molar-refractivity contribution in [1.29, 1.82) is 0 Å². The quantitative estimate of drug-likeness (QED) is 0.345. The fraction of sp³-hybridized carbons (Fsp3) is 0.407. The summed E-state index contributed by atoms with van der Waals surface area (Å²) in [6.45, 7) is 5.55. The first kappa shape index (κ1) is 26.0. The number of rotatable bonds is 9. The summed E-state index contributed by atoms with van der Waals surface area (Å²) < 4.78 is 18.5. The molecule has 1 fully saturated rings. The average Bonchev–Trinajstić information content (AvgIpc) is 3.56. The van der Waals surface area contributed by atoms with Crippen LogP contribution in [0.5, 0.6) is 0 Å². The van der Waals surface area contributed by atoms with Gasteiger partial charge in [0.2, 0.25) is 0 Å². The van der Waals surface area contributed by atoms with Crippen molar-refractivity contribution in [2.24, 2.45) is 0 Å². The number of nitrogens with zero attached hydrogens (tertiary/aromatic N) is 7. The van der Waals surface area contributed by atoms with Gasteiger partial charge in [0.05, 0.1) is 30.3 Å². The van der Waals surface area contributed by atoms with E-state index >= 15 is 4.39 Å². The maximum absolute atomic E-state index is 15.0. The van der Waals surface area contributed by atoms with Gasteiger partial charge in [-0.05, 0) is 44.5 Å². The lowest BCUT2D eigenvalue weighted by molar-refractivity contribution is -0.134. The Morgan fingerprint density at radius 2 is 2.11 bits per heavy atom. The van der Waals surface area contributed by atoms with Crippen molar-refractivity contribution >= 4 is 22.6 Å². The molecule has 5 rings (SSSR count). The van der Waals surface area contributed by atoms with Crippen molar-refractivity contribution in [3.05, 3.63) is 66.6 Å². The van der Waals surface area contributed by atoms with E-state index in [1.807, 2.05) is 39.6 Å². The van der Waals surface area contributed by atoms with Gasteiger partial charge in [-0.25, -0.2) is 19.0 Å². The molecule has 10 nitrogen and oxygen atoms in total. The van der Waals surface area contributed by atoms with E-state index in [4.69, 9.17) is 0 Å². The molecular weight excluding hydrogens is 489 g/mol. The molecule has 1 aliphatic rings. The number of aliphatic hydroxyl groups is 2. The molecule has 2 N–H and O–H groups in total. The highest BCUT2D eigenvalue weighted by Crippen LogP contribution is 2.30. The number of anilines is 1. The van der Waals surface area contributed by atoms with E-state index in [-0.39, 0.29) is 31.2 Å². The Morgan fingerprint density at radius 1 is 1.26 bits per heavy atom. The van der Waals surface area contributed by atoms with Crippen molar-refractivity contribution in [2.45, 2.75) is 45.1 Å². The first-order chi connectivity index (χ1) is 18.3. The van der Waals surface area contributed by atoms with E-state index in [1.54, 1.807) is 29.2 Å². The summed E-state index contributed by atoms with van der Waals surface area (Å²) in [6, 6.07) is 8.72. The zero-order valence-corrected chi connectivity index (χ0v) is 21.5. The van der Waals surface area contributed by atoms with Crippen molar-refractivity contribution in [3.63, 3.8) is 0 Å². The highest BCUT2D eigenvalue weighted by molar-refractivity contribution is 5.88. The number of β-amino-alcohol motifs (C(OH)–C–C–N with tert-alkyl or cyclic N) is 1. The molecule has 2 atom stereocenters. The van der Waals surface area contributed by atoms with Crippen molar-refractivity contribution in [1.82, 2.24) is 29.2 Å². The minimum atomic E-state index is -1.35. The number of hydrogen-bond acceptors (Lipinski definition) is 8. The molecule has 4 aromatic rings. The van der Waals surface area contributed by atoms with Gasteiger partial charge >= 0.3 is 0 Å². The van der Waals surface area contributed by atoms with E-state index in [2.05, 4.69) is 15.1 Å². The molecule has 11 heteroatoms. The third kappa shape index (κ3) is 5.17. The molecule has 0 amide bonds. The summed E-state index contributed by atoms with van der Waals surface area (Å²) >= 11 is 0. The molecule has 1 saturated heterocycles. The van der Waals surface area contributed by atoms with Gasteiger partial charge in [-0.1, -0.05) is 6.07 Å². The zero-order valence-electron chi connectivity index (χ0n) is 21.5. The van der Waals surface area contributed by atoms with Crippen LogP contribution in [0.25, 0.3) is 16.7 Å². The number of carbonyl (C=O) groups excluding carboxylic acids is 1. The predicted octanol–water partition coefficient (Wildman–Crippen LogP) is 2.17. The van der Waals surface area contributed by atoms with Crippen LogP contribution in [-0.4, -0.2) is 83.1 Å². The number of likely N-dealkylation sites (tertiary alicyclic amines) is 1. The second-order valence-electron chi connectivity index (χ2n) is 9.93. The van der Waals surface area contributed by atoms with E-state index in [0.29, 0.717) is 48.8 Å². The number of carbonyl (C=O) groups is 1. The smallest absolute Gasteiger partial charge is 0.145 e. The van der Waals surface area contributed by atoms with Crippen LogP contribution in [0.3, 0.4) is 0 Å². The molecule has 0 spiro atoms. The highest BCUT2D eigenvalue weighted by Gasteiger charge is 2.41. The third-order valence-electron chi connectivity index (χ3n) is 7.19. The molecular formula is C27H32FN7O3. The average molecular weight is 522 g/mol. The molecule has 1 aliphatic heterocycles. The topological polar surface area (TPSA) is 113 Å². The van der Waals surface area contributed by atoms with Gasteiger partial charge in [0.25, 0.3) is 0 Å². The molecule has 4 heterocycles. The molecule has 1 aromatic carbocycles. The van der Waals surface area contributed by atoms with Gasteiger partial charge in [-0.3, -0.25) is 9.69 Å². The Labute approximate surface area is 220 Å². The van der Waals surface area contributed by atoms with E-state index in [0.717, 1.165) is 5.39 Å². The molecule has 0 bridgehead atoms. The molecule has 38 heavy (non-hydrogen) atoms. The molecule has 0 unspecified atom stereocenters. The number of benzene rings is 1. The number of hydrogen-bond donors (Lipinski definition) is 2. The van der Waals surface area contributed by atoms with E-state index < -0.39 is 11.7 Å². The summed E-state index contributed by atoms with van der Waals surface area (Å²) in [4.78, 5) is 24.3. The number of ketones is 1. The SMILES string of the molecule is CCN(Cc1ccc(-n2cccn2)cc1F)c1ncnc2c1ccn2C[C@]1(O)CCN(CC(C)=O)C[C@H]1O. The summed E-state index contributed by atoms with van der Waals surface area (Å²) in [5.74, 6) is 0.361. The largest absolute Gasteiger partial charge is 0.389 e. The number of fused-ring (bicyclic) bond motifs is 1. The number of aromatic nitrogens is 5. The van der Waals surface area contributed by atoms with Gasteiger partial charge in [0.1, 0.15) is 35.0 Å². The molecule has 0 radical (unpaired) electrons. The maximum atomic E-state index is 15.0. The Balaban J connectivity index is 1.36. The van der Waals surface area contributed by atoms with Crippen LogP contribution < -0.4 is 4.90 Å². The Morgan fingerprint density at radius 3 is 2.79 bits per heavy atom. The highest BCUT2D eigenvalue weighted by atomic mass is 19.1. The Hall–Kier alpha value is -3.67. The van der Waals surface area contributed by atoms with Gasteiger partial charge in [-0.2, -0.15) is 5.10 Å². The second kappa shape index (κ2) is 10.6. The maximum Gasteiger partial charge on any atom is 0.145 e. The first-order valence-electron chi connectivity index (χ1n) is 12.7. The van der Waals surface area contributed by atoms with Crippen LogP contribution in [0.2, 0.25) is 0 Å². The van der Waals surface area contributed by atoms with Crippen LogP contribution in [0.1, 0.15) is 25.8 Å². The summed E-state index contributed by atoms with van der Waals surface area (Å²) in [7, 11) is 0.